The van der Waals surface area contributed by atoms with Gasteiger partial charge in [-0.15, -0.1) is 11.3 Å². The zero-order valence-corrected chi connectivity index (χ0v) is 9.90. The predicted octanol–water partition coefficient (Wildman–Crippen LogP) is 2.56. The third-order valence-electron chi connectivity index (χ3n) is 2.53. The molecule has 0 aliphatic heterocycles. The third-order valence-corrected chi connectivity index (χ3v) is 3.73. The Bertz CT molecular complexity index is 391. The maximum absolute atomic E-state index is 11.9. The lowest BCUT2D eigenvalue weighted by atomic mass is 9.99. The smallest absolute Gasteiger partial charge is 0.365 e. The minimum absolute atomic E-state index is 0.0207. The van der Waals surface area contributed by atoms with Crippen LogP contribution in [0.2, 0.25) is 0 Å². The zero-order chi connectivity index (χ0) is 12.5. The van der Waals surface area contributed by atoms with Crippen molar-refractivity contribution in [2.45, 2.75) is 38.1 Å². The number of aromatic nitrogens is 1. The number of rotatable bonds is 3. The monoisotopic (exact) mass is 266 g/mol. The van der Waals surface area contributed by atoms with E-state index in [9.17, 15) is 13.2 Å². The molecule has 1 heterocycles. The standard InChI is InChI=1S/C10H13F3N2OS/c11-10(12,13)5-16-4-8-15-7-3-1-2-6(14)9(7)17-8/h6H,1-5,14H2. The highest BCUT2D eigenvalue weighted by Crippen LogP contribution is 2.32. The number of hydrogen-bond acceptors (Lipinski definition) is 4. The number of nitrogens with zero attached hydrogens (tertiary/aromatic N) is 1. The molecule has 1 aromatic rings. The van der Waals surface area contributed by atoms with Crippen molar-refractivity contribution >= 4 is 11.3 Å². The fourth-order valence-electron chi connectivity index (χ4n) is 1.82. The van der Waals surface area contributed by atoms with Crippen molar-refractivity contribution in [3.63, 3.8) is 0 Å². The minimum atomic E-state index is -4.28. The van der Waals surface area contributed by atoms with Crippen molar-refractivity contribution in [2.24, 2.45) is 5.73 Å². The number of aryl methyl sites for hydroxylation is 1. The summed E-state index contributed by atoms with van der Waals surface area (Å²) in [5.74, 6) is 0. The summed E-state index contributed by atoms with van der Waals surface area (Å²) in [4.78, 5) is 5.27. The lowest BCUT2D eigenvalue weighted by Crippen LogP contribution is -2.16. The van der Waals surface area contributed by atoms with E-state index in [-0.39, 0.29) is 12.6 Å². The molecule has 1 atom stereocenters. The van der Waals surface area contributed by atoms with Crippen LogP contribution in [0.1, 0.15) is 34.5 Å². The second-order valence-electron chi connectivity index (χ2n) is 4.03. The first-order valence-corrected chi connectivity index (χ1v) is 6.16. The molecule has 0 saturated heterocycles. The normalized spacial score (nSPS) is 20.4. The number of alkyl halides is 3. The average Bonchev–Trinajstić information content (AvgIpc) is 2.60. The van der Waals surface area contributed by atoms with Crippen LogP contribution in [0.3, 0.4) is 0 Å². The molecular formula is C10H13F3N2OS. The van der Waals surface area contributed by atoms with Crippen molar-refractivity contribution < 1.29 is 17.9 Å². The molecule has 2 N–H and O–H groups in total. The molecule has 1 unspecified atom stereocenters. The summed E-state index contributed by atoms with van der Waals surface area (Å²) in [5.41, 5.74) is 6.84. The quantitative estimate of drug-likeness (QED) is 0.914. The summed E-state index contributed by atoms with van der Waals surface area (Å²) >= 11 is 1.37. The van der Waals surface area contributed by atoms with Crippen LogP contribution in [0.15, 0.2) is 0 Å². The molecule has 7 heteroatoms. The summed E-state index contributed by atoms with van der Waals surface area (Å²) in [6, 6.07) is -0.0207. The Labute approximate surface area is 101 Å². The van der Waals surface area contributed by atoms with Crippen LogP contribution in [0.4, 0.5) is 13.2 Å². The number of thiazole rings is 1. The highest BCUT2D eigenvalue weighted by molar-refractivity contribution is 7.11. The second-order valence-corrected chi connectivity index (χ2v) is 5.14. The fraction of sp³-hybridized carbons (Fsp3) is 0.700. The van der Waals surface area contributed by atoms with E-state index in [1.165, 1.54) is 11.3 Å². The highest BCUT2D eigenvalue weighted by atomic mass is 32.1. The van der Waals surface area contributed by atoms with E-state index in [0.717, 1.165) is 29.8 Å². The lowest BCUT2D eigenvalue weighted by Gasteiger charge is -2.15. The van der Waals surface area contributed by atoms with Gasteiger partial charge >= 0.3 is 6.18 Å². The van der Waals surface area contributed by atoms with Gasteiger partial charge in [-0.2, -0.15) is 13.2 Å². The van der Waals surface area contributed by atoms with Gasteiger partial charge in [0.1, 0.15) is 11.6 Å². The number of halogens is 3. The molecule has 0 amide bonds. The van der Waals surface area contributed by atoms with E-state index in [1.807, 2.05) is 0 Å². The summed E-state index contributed by atoms with van der Waals surface area (Å²) in [7, 11) is 0. The third kappa shape index (κ3) is 3.40. The largest absolute Gasteiger partial charge is 0.411 e. The second kappa shape index (κ2) is 4.91. The van der Waals surface area contributed by atoms with E-state index in [1.54, 1.807) is 0 Å². The Morgan fingerprint density at radius 3 is 2.88 bits per heavy atom. The van der Waals surface area contributed by atoms with Crippen LogP contribution in [0.5, 0.6) is 0 Å². The first-order chi connectivity index (χ1) is 7.96. The molecule has 1 aliphatic rings. The van der Waals surface area contributed by atoms with Crippen LogP contribution in [-0.2, 0) is 17.8 Å². The Kier molecular flexibility index (Phi) is 3.70. The molecule has 3 nitrogen and oxygen atoms in total. The van der Waals surface area contributed by atoms with Gasteiger partial charge in [-0.05, 0) is 19.3 Å². The topological polar surface area (TPSA) is 48.1 Å². The summed E-state index contributed by atoms with van der Waals surface area (Å²) < 4.78 is 40.2. The van der Waals surface area contributed by atoms with E-state index in [0.29, 0.717) is 5.01 Å². The van der Waals surface area contributed by atoms with E-state index in [2.05, 4.69) is 9.72 Å². The molecule has 17 heavy (non-hydrogen) atoms. The molecule has 96 valence electrons. The summed E-state index contributed by atoms with van der Waals surface area (Å²) in [5, 5.41) is 0.580. The minimum Gasteiger partial charge on any atom is -0.365 e. The van der Waals surface area contributed by atoms with Gasteiger partial charge in [-0.1, -0.05) is 0 Å². The van der Waals surface area contributed by atoms with Crippen molar-refractivity contribution in [3.05, 3.63) is 15.6 Å². The molecule has 0 bridgehead atoms. The van der Waals surface area contributed by atoms with Gasteiger partial charge in [-0.25, -0.2) is 4.98 Å². The van der Waals surface area contributed by atoms with Gasteiger partial charge in [-0.3, -0.25) is 0 Å². The van der Waals surface area contributed by atoms with Gasteiger partial charge in [0.2, 0.25) is 0 Å². The molecule has 1 aromatic heterocycles. The van der Waals surface area contributed by atoms with Crippen molar-refractivity contribution in [3.8, 4) is 0 Å². The number of nitrogens with two attached hydrogens (primary N) is 1. The molecule has 2 rings (SSSR count). The van der Waals surface area contributed by atoms with Crippen LogP contribution in [0, 0.1) is 0 Å². The maximum atomic E-state index is 11.9. The fourth-order valence-corrected chi connectivity index (χ4v) is 2.91. The van der Waals surface area contributed by atoms with Crippen LogP contribution in [-0.4, -0.2) is 17.8 Å². The zero-order valence-electron chi connectivity index (χ0n) is 9.09. The first kappa shape index (κ1) is 12.8. The van der Waals surface area contributed by atoms with Gasteiger partial charge in [0.05, 0.1) is 12.3 Å². The molecule has 0 radical (unpaired) electrons. The Hall–Kier alpha value is -0.660. The van der Waals surface area contributed by atoms with Crippen molar-refractivity contribution in [1.82, 2.24) is 4.98 Å². The Morgan fingerprint density at radius 2 is 2.24 bits per heavy atom. The summed E-state index contributed by atoms with van der Waals surface area (Å²) in [6.45, 7) is -1.33. The van der Waals surface area contributed by atoms with E-state index in [4.69, 9.17) is 5.73 Å². The average molecular weight is 266 g/mol. The first-order valence-electron chi connectivity index (χ1n) is 5.34. The van der Waals surface area contributed by atoms with Gasteiger partial charge in [0.15, 0.2) is 0 Å². The van der Waals surface area contributed by atoms with Crippen LogP contribution in [0.25, 0.3) is 0 Å². The molecule has 0 aromatic carbocycles. The number of fused-ring (bicyclic) bond motifs is 1. The molecular weight excluding hydrogens is 253 g/mol. The number of ether oxygens (including phenoxy) is 1. The van der Waals surface area contributed by atoms with Gasteiger partial charge in [0.25, 0.3) is 0 Å². The molecule has 0 saturated carbocycles. The van der Waals surface area contributed by atoms with Crippen LogP contribution < -0.4 is 5.73 Å². The maximum Gasteiger partial charge on any atom is 0.411 e. The summed E-state index contributed by atoms with van der Waals surface area (Å²) in [6.07, 6.45) is -1.52. The Balaban J connectivity index is 1.94. The highest BCUT2D eigenvalue weighted by Gasteiger charge is 2.28. The predicted molar refractivity (Wildman–Crippen MR) is 57.7 cm³/mol. The van der Waals surface area contributed by atoms with E-state index >= 15 is 0 Å². The van der Waals surface area contributed by atoms with Crippen LogP contribution >= 0.6 is 11.3 Å². The van der Waals surface area contributed by atoms with Crippen molar-refractivity contribution in [1.29, 1.82) is 0 Å². The molecule has 1 aliphatic carbocycles. The van der Waals surface area contributed by atoms with Gasteiger partial charge < -0.3 is 10.5 Å². The SMILES string of the molecule is NC1CCCc2nc(COCC(F)(F)F)sc21. The molecule has 0 spiro atoms. The van der Waals surface area contributed by atoms with Crippen molar-refractivity contribution in [2.75, 3.05) is 6.61 Å². The van der Waals surface area contributed by atoms with Gasteiger partial charge in [0, 0.05) is 10.9 Å². The Morgan fingerprint density at radius 1 is 1.47 bits per heavy atom. The molecule has 0 fully saturated rings. The van der Waals surface area contributed by atoms with E-state index < -0.39 is 12.8 Å². The number of hydrogen-bond donors (Lipinski definition) is 1. The lowest BCUT2D eigenvalue weighted by molar-refractivity contribution is -0.176.